The van der Waals surface area contributed by atoms with Gasteiger partial charge in [-0.3, -0.25) is 9.59 Å². The van der Waals surface area contributed by atoms with Gasteiger partial charge in [0.15, 0.2) is 5.78 Å². The molecular formula is C15H11ClN2O4. The molecule has 1 atom stereocenters. The molecule has 6 nitrogen and oxygen atoms in total. The first-order chi connectivity index (χ1) is 10.4. The second-order valence-corrected chi connectivity index (χ2v) is 5.05. The number of nitrogens with zero attached hydrogens (tertiary/aromatic N) is 1. The standard InChI is InChI=1S/C15H11ClN2O4/c1-2-22-13(20)10(7-17)11-8-5-3-4-6-9(8)12(19)15(11,16)14(18)21/h3-6H,2H2,1H3,(H2,18,21)/b11-10+. The average Bonchev–Trinajstić information content (AvgIpc) is 2.72. The van der Waals surface area contributed by atoms with Crippen LogP contribution >= 0.6 is 11.6 Å². The number of Topliss-reactive ketones (excluding diaryl/α,β-unsaturated/α-hetero) is 1. The van der Waals surface area contributed by atoms with E-state index in [2.05, 4.69) is 0 Å². The van der Waals surface area contributed by atoms with Crippen LogP contribution in [-0.2, 0) is 14.3 Å². The van der Waals surface area contributed by atoms with Gasteiger partial charge < -0.3 is 10.5 Å². The van der Waals surface area contributed by atoms with Gasteiger partial charge in [0.05, 0.1) is 6.61 Å². The van der Waals surface area contributed by atoms with Crippen LogP contribution in [0.15, 0.2) is 29.8 Å². The number of hydrogen-bond acceptors (Lipinski definition) is 5. The second kappa shape index (κ2) is 5.62. The van der Waals surface area contributed by atoms with Gasteiger partial charge in [-0.15, -0.1) is 0 Å². The number of ether oxygens (including phenoxy) is 1. The number of rotatable bonds is 3. The summed E-state index contributed by atoms with van der Waals surface area (Å²) in [5, 5.41) is 9.28. The number of nitriles is 1. The van der Waals surface area contributed by atoms with E-state index in [4.69, 9.17) is 22.1 Å². The fourth-order valence-corrected chi connectivity index (χ4v) is 2.63. The van der Waals surface area contributed by atoms with Gasteiger partial charge in [0.2, 0.25) is 4.87 Å². The molecule has 0 spiro atoms. The van der Waals surface area contributed by atoms with E-state index >= 15 is 0 Å². The summed E-state index contributed by atoms with van der Waals surface area (Å²) in [6.45, 7) is 1.59. The van der Waals surface area contributed by atoms with E-state index in [1.54, 1.807) is 25.1 Å². The minimum Gasteiger partial charge on any atom is -0.462 e. The molecule has 0 saturated carbocycles. The number of benzene rings is 1. The summed E-state index contributed by atoms with van der Waals surface area (Å²) in [4.78, 5) is 33.9. The Bertz CT molecular complexity index is 763. The lowest BCUT2D eigenvalue weighted by Crippen LogP contribution is -2.44. The van der Waals surface area contributed by atoms with Crippen molar-refractivity contribution >= 4 is 34.8 Å². The second-order valence-electron chi connectivity index (χ2n) is 4.48. The van der Waals surface area contributed by atoms with Gasteiger partial charge in [0.25, 0.3) is 5.91 Å². The first-order valence-electron chi connectivity index (χ1n) is 6.34. The number of halogens is 1. The summed E-state index contributed by atoms with van der Waals surface area (Å²) in [7, 11) is 0. The number of carbonyl (C=O) groups is 3. The van der Waals surface area contributed by atoms with Crippen LogP contribution in [0.1, 0.15) is 22.8 Å². The number of amides is 1. The SMILES string of the molecule is CCOC(=O)/C(C#N)=C1\c2ccccc2C(=O)C1(Cl)C(N)=O. The first kappa shape index (κ1) is 15.7. The third-order valence-corrected chi connectivity index (χ3v) is 3.83. The maximum absolute atomic E-state index is 12.4. The van der Waals surface area contributed by atoms with Crippen molar-refractivity contribution in [3.05, 3.63) is 41.0 Å². The Labute approximate surface area is 131 Å². The van der Waals surface area contributed by atoms with Crippen molar-refractivity contribution in [1.82, 2.24) is 0 Å². The first-order valence-corrected chi connectivity index (χ1v) is 6.72. The van der Waals surface area contributed by atoms with Gasteiger partial charge in [-0.25, -0.2) is 4.79 Å². The van der Waals surface area contributed by atoms with E-state index in [0.29, 0.717) is 0 Å². The van der Waals surface area contributed by atoms with Gasteiger partial charge in [0, 0.05) is 11.1 Å². The maximum Gasteiger partial charge on any atom is 0.349 e. The van der Waals surface area contributed by atoms with Gasteiger partial charge in [-0.2, -0.15) is 5.26 Å². The highest BCUT2D eigenvalue weighted by atomic mass is 35.5. The van der Waals surface area contributed by atoms with Crippen molar-refractivity contribution in [3.63, 3.8) is 0 Å². The third kappa shape index (κ3) is 2.07. The molecule has 1 aliphatic carbocycles. The van der Waals surface area contributed by atoms with Gasteiger partial charge in [-0.1, -0.05) is 35.9 Å². The highest BCUT2D eigenvalue weighted by molar-refractivity contribution is 6.58. The lowest BCUT2D eigenvalue weighted by atomic mass is 9.92. The molecule has 0 fully saturated rings. The summed E-state index contributed by atoms with van der Waals surface area (Å²) in [5.74, 6) is -2.87. The van der Waals surface area contributed by atoms with Crippen LogP contribution in [-0.4, -0.2) is 29.1 Å². The van der Waals surface area contributed by atoms with Gasteiger partial charge in [-0.05, 0) is 12.5 Å². The lowest BCUT2D eigenvalue weighted by molar-refractivity contribution is -0.137. The highest BCUT2D eigenvalue weighted by Gasteiger charge is 2.55. The molecule has 0 saturated heterocycles. The van der Waals surface area contributed by atoms with Crippen LogP contribution in [0, 0.1) is 11.3 Å². The van der Waals surface area contributed by atoms with Crippen LogP contribution in [0.5, 0.6) is 0 Å². The Morgan fingerprint density at radius 1 is 1.36 bits per heavy atom. The minimum atomic E-state index is -2.29. The Balaban J connectivity index is 2.85. The highest BCUT2D eigenvalue weighted by Crippen LogP contribution is 2.46. The van der Waals surface area contributed by atoms with E-state index in [1.807, 2.05) is 0 Å². The van der Waals surface area contributed by atoms with Gasteiger partial charge >= 0.3 is 5.97 Å². The molecule has 1 unspecified atom stereocenters. The van der Waals surface area contributed by atoms with Crippen molar-refractivity contribution in [2.24, 2.45) is 5.73 Å². The number of nitrogens with two attached hydrogens (primary N) is 1. The number of alkyl halides is 1. The van der Waals surface area contributed by atoms with Crippen molar-refractivity contribution < 1.29 is 19.1 Å². The molecule has 2 N–H and O–H groups in total. The van der Waals surface area contributed by atoms with E-state index in [-0.39, 0.29) is 23.3 Å². The molecule has 0 bridgehead atoms. The Hall–Kier alpha value is -2.65. The molecule has 0 aliphatic heterocycles. The molecule has 1 aromatic carbocycles. The van der Waals surface area contributed by atoms with Crippen molar-refractivity contribution in [2.45, 2.75) is 11.8 Å². The fraction of sp³-hybridized carbons (Fsp3) is 0.200. The summed E-state index contributed by atoms with van der Waals surface area (Å²) in [6.07, 6.45) is 0. The Kier molecular flexibility index (Phi) is 4.02. The monoisotopic (exact) mass is 318 g/mol. The molecule has 1 aromatic rings. The molecule has 0 heterocycles. The molecule has 0 aromatic heterocycles. The molecule has 1 amide bonds. The summed E-state index contributed by atoms with van der Waals surface area (Å²) < 4.78 is 4.79. The number of fused-ring (bicyclic) bond motifs is 1. The summed E-state index contributed by atoms with van der Waals surface area (Å²) >= 11 is 6.16. The molecule has 7 heteroatoms. The number of carbonyl (C=O) groups excluding carboxylic acids is 3. The minimum absolute atomic E-state index is 0.0265. The summed E-state index contributed by atoms with van der Waals surface area (Å²) in [5.41, 5.74) is 4.90. The topological polar surface area (TPSA) is 110 Å². The van der Waals surface area contributed by atoms with Gasteiger partial charge in [0.1, 0.15) is 11.6 Å². The predicted molar refractivity (Wildman–Crippen MR) is 77.7 cm³/mol. The smallest absolute Gasteiger partial charge is 0.349 e. The number of esters is 1. The largest absolute Gasteiger partial charge is 0.462 e. The molecule has 0 radical (unpaired) electrons. The average molecular weight is 319 g/mol. The number of primary amides is 1. The van der Waals surface area contributed by atoms with Crippen LogP contribution in [0.3, 0.4) is 0 Å². The Morgan fingerprint density at radius 3 is 2.45 bits per heavy atom. The molecule has 2 rings (SSSR count). The molecule has 1 aliphatic rings. The van der Waals surface area contributed by atoms with E-state index < -0.39 is 28.1 Å². The quantitative estimate of drug-likeness (QED) is 0.296. The summed E-state index contributed by atoms with van der Waals surface area (Å²) in [6, 6.07) is 7.77. The zero-order valence-electron chi connectivity index (χ0n) is 11.6. The molecule has 22 heavy (non-hydrogen) atoms. The third-order valence-electron chi connectivity index (χ3n) is 3.28. The van der Waals surface area contributed by atoms with Crippen LogP contribution in [0.25, 0.3) is 5.57 Å². The number of hydrogen-bond donors (Lipinski definition) is 1. The Morgan fingerprint density at radius 2 is 1.95 bits per heavy atom. The van der Waals surface area contributed by atoms with Crippen LogP contribution in [0.4, 0.5) is 0 Å². The fourth-order valence-electron chi connectivity index (χ4n) is 2.33. The molecule has 112 valence electrons. The van der Waals surface area contributed by atoms with E-state index in [9.17, 15) is 19.6 Å². The zero-order chi connectivity index (χ0) is 16.5. The molecular weight excluding hydrogens is 308 g/mol. The zero-order valence-corrected chi connectivity index (χ0v) is 12.3. The van der Waals surface area contributed by atoms with Crippen LogP contribution < -0.4 is 5.73 Å². The van der Waals surface area contributed by atoms with Crippen molar-refractivity contribution in [2.75, 3.05) is 6.61 Å². The van der Waals surface area contributed by atoms with Crippen LogP contribution in [0.2, 0.25) is 0 Å². The van der Waals surface area contributed by atoms with Crippen molar-refractivity contribution in [1.29, 1.82) is 5.26 Å². The van der Waals surface area contributed by atoms with Crippen molar-refractivity contribution in [3.8, 4) is 6.07 Å². The normalized spacial score (nSPS) is 21.8. The van der Waals surface area contributed by atoms with E-state index in [1.165, 1.54) is 12.1 Å². The maximum atomic E-state index is 12.4. The van der Waals surface area contributed by atoms with E-state index in [0.717, 1.165) is 0 Å². The predicted octanol–water partition coefficient (Wildman–Crippen LogP) is 1.19. The lowest BCUT2D eigenvalue weighted by Gasteiger charge is -2.18. The number of ketones is 1.